The van der Waals surface area contributed by atoms with Crippen LogP contribution < -0.4 is 10.8 Å². The summed E-state index contributed by atoms with van der Waals surface area (Å²) in [5.74, 6) is 0.677. The van der Waals surface area contributed by atoms with Gasteiger partial charge in [0, 0.05) is 6.54 Å². The van der Waals surface area contributed by atoms with E-state index in [0.717, 1.165) is 19.6 Å². The van der Waals surface area contributed by atoms with Crippen LogP contribution in [0.3, 0.4) is 0 Å². The van der Waals surface area contributed by atoms with E-state index < -0.39 is 0 Å². The Morgan fingerprint density at radius 2 is 2.11 bits per heavy atom. The van der Waals surface area contributed by atoms with E-state index in [-0.39, 0.29) is 0 Å². The molecule has 3 N–H and O–H groups in total. The van der Waals surface area contributed by atoms with E-state index in [1.165, 1.54) is 12.8 Å². The Labute approximate surface area is 55.4 Å². The van der Waals surface area contributed by atoms with Gasteiger partial charge in [0.05, 0.1) is 0 Å². The van der Waals surface area contributed by atoms with E-state index in [2.05, 4.69) is 10.8 Å². The third kappa shape index (κ3) is 2.30. The molecule has 0 radical (unpaired) electrons. The van der Waals surface area contributed by atoms with Crippen molar-refractivity contribution in [2.45, 2.75) is 12.8 Å². The van der Waals surface area contributed by atoms with Crippen LogP contribution in [0.5, 0.6) is 0 Å². The van der Waals surface area contributed by atoms with Crippen LogP contribution >= 0.6 is 0 Å². The standard InChI is InChI=1S/C6H14N2O/c9-8-5-6-1-3-7-4-2-6/h6-9H,1-5H2. The predicted octanol–water partition coefficient (Wildman–Crippen LogP) is -0.0352. The first-order chi connectivity index (χ1) is 4.43. The maximum absolute atomic E-state index is 8.35. The molecule has 1 saturated heterocycles. The molecule has 0 aliphatic carbocycles. The molecular formula is C6H14N2O. The summed E-state index contributed by atoms with van der Waals surface area (Å²) in [6, 6.07) is 0. The lowest BCUT2D eigenvalue weighted by Crippen LogP contribution is -2.32. The molecule has 0 aromatic heterocycles. The van der Waals surface area contributed by atoms with Gasteiger partial charge in [-0.05, 0) is 31.8 Å². The first-order valence-electron chi connectivity index (χ1n) is 3.51. The zero-order chi connectivity index (χ0) is 6.53. The van der Waals surface area contributed by atoms with E-state index in [9.17, 15) is 0 Å². The van der Waals surface area contributed by atoms with Crippen LogP contribution in [0.25, 0.3) is 0 Å². The van der Waals surface area contributed by atoms with Gasteiger partial charge < -0.3 is 10.5 Å². The Balaban J connectivity index is 2.08. The topological polar surface area (TPSA) is 44.3 Å². The smallest absolute Gasteiger partial charge is 0.0236 e. The monoisotopic (exact) mass is 130 g/mol. The Hall–Kier alpha value is -0.120. The summed E-state index contributed by atoms with van der Waals surface area (Å²) in [6.07, 6.45) is 2.38. The largest absolute Gasteiger partial charge is 0.317 e. The van der Waals surface area contributed by atoms with Crippen LogP contribution in [0.2, 0.25) is 0 Å². The molecule has 0 aromatic rings. The molecule has 0 saturated carbocycles. The number of nitrogens with one attached hydrogen (secondary N) is 2. The molecule has 3 nitrogen and oxygen atoms in total. The molecule has 0 atom stereocenters. The average Bonchev–Trinajstić information content (AvgIpc) is 1.91. The Bertz CT molecular complexity index is 68.7. The highest BCUT2D eigenvalue weighted by atomic mass is 16.5. The minimum absolute atomic E-state index is 0.677. The Morgan fingerprint density at radius 3 is 2.67 bits per heavy atom. The van der Waals surface area contributed by atoms with Crippen molar-refractivity contribution in [1.29, 1.82) is 0 Å². The number of hydroxylamine groups is 1. The molecule has 0 amide bonds. The Kier molecular flexibility index (Phi) is 2.97. The lowest BCUT2D eigenvalue weighted by Gasteiger charge is -2.21. The quantitative estimate of drug-likeness (QED) is 0.460. The van der Waals surface area contributed by atoms with Crippen LogP contribution in [0.1, 0.15) is 12.8 Å². The second kappa shape index (κ2) is 3.82. The molecule has 0 bridgehead atoms. The first kappa shape index (κ1) is 6.99. The van der Waals surface area contributed by atoms with Gasteiger partial charge in [0.1, 0.15) is 0 Å². The summed E-state index contributed by atoms with van der Waals surface area (Å²) in [5, 5.41) is 11.6. The fraction of sp³-hybridized carbons (Fsp3) is 1.00. The van der Waals surface area contributed by atoms with Crippen molar-refractivity contribution < 1.29 is 5.21 Å². The summed E-state index contributed by atoms with van der Waals surface area (Å²) in [6.45, 7) is 2.96. The normalized spacial score (nSPS) is 22.3. The first-order valence-corrected chi connectivity index (χ1v) is 3.51. The van der Waals surface area contributed by atoms with Crippen molar-refractivity contribution in [2.24, 2.45) is 5.92 Å². The molecule has 0 unspecified atom stereocenters. The fourth-order valence-electron chi connectivity index (χ4n) is 1.21. The van der Waals surface area contributed by atoms with Gasteiger partial charge in [-0.15, -0.1) is 0 Å². The molecule has 9 heavy (non-hydrogen) atoms. The van der Waals surface area contributed by atoms with E-state index >= 15 is 0 Å². The van der Waals surface area contributed by atoms with Crippen molar-refractivity contribution >= 4 is 0 Å². The van der Waals surface area contributed by atoms with Crippen molar-refractivity contribution in [3.05, 3.63) is 0 Å². The van der Waals surface area contributed by atoms with E-state index in [1.807, 2.05) is 0 Å². The second-order valence-corrected chi connectivity index (χ2v) is 2.56. The molecule has 0 aromatic carbocycles. The van der Waals surface area contributed by atoms with Crippen LogP contribution in [0, 0.1) is 5.92 Å². The maximum Gasteiger partial charge on any atom is 0.0236 e. The lowest BCUT2D eigenvalue weighted by molar-refractivity contribution is 0.140. The van der Waals surface area contributed by atoms with Crippen LogP contribution in [-0.4, -0.2) is 24.8 Å². The average molecular weight is 130 g/mol. The molecule has 1 heterocycles. The molecular weight excluding hydrogens is 116 g/mol. The van der Waals surface area contributed by atoms with Gasteiger partial charge in [0.15, 0.2) is 0 Å². The summed E-state index contributed by atoms with van der Waals surface area (Å²) in [7, 11) is 0. The highest BCUT2D eigenvalue weighted by molar-refractivity contribution is 4.68. The molecule has 0 spiro atoms. The molecule has 54 valence electrons. The van der Waals surface area contributed by atoms with Gasteiger partial charge >= 0.3 is 0 Å². The van der Waals surface area contributed by atoms with Gasteiger partial charge in [0.25, 0.3) is 0 Å². The zero-order valence-electron chi connectivity index (χ0n) is 5.56. The van der Waals surface area contributed by atoms with E-state index in [0.29, 0.717) is 5.92 Å². The van der Waals surface area contributed by atoms with Crippen LogP contribution in [-0.2, 0) is 0 Å². The summed E-state index contributed by atoms with van der Waals surface area (Å²) in [4.78, 5) is 0. The summed E-state index contributed by atoms with van der Waals surface area (Å²) < 4.78 is 0. The van der Waals surface area contributed by atoms with E-state index in [4.69, 9.17) is 5.21 Å². The van der Waals surface area contributed by atoms with Gasteiger partial charge in [0.2, 0.25) is 0 Å². The number of hydrogen-bond donors (Lipinski definition) is 3. The van der Waals surface area contributed by atoms with Crippen molar-refractivity contribution in [1.82, 2.24) is 10.8 Å². The fourth-order valence-corrected chi connectivity index (χ4v) is 1.21. The summed E-state index contributed by atoms with van der Waals surface area (Å²) in [5.41, 5.74) is 2.21. The third-order valence-corrected chi connectivity index (χ3v) is 1.84. The minimum atomic E-state index is 0.677. The number of rotatable bonds is 2. The van der Waals surface area contributed by atoms with E-state index in [1.54, 1.807) is 0 Å². The van der Waals surface area contributed by atoms with Crippen LogP contribution in [0.15, 0.2) is 0 Å². The number of piperidine rings is 1. The molecule has 1 fully saturated rings. The second-order valence-electron chi connectivity index (χ2n) is 2.56. The van der Waals surface area contributed by atoms with Crippen molar-refractivity contribution in [2.75, 3.05) is 19.6 Å². The van der Waals surface area contributed by atoms with Crippen molar-refractivity contribution in [3.63, 3.8) is 0 Å². The van der Waals surface area contributed by atoms with Crippen LogP contribution in [0.4, 0.5) is 0 Å². The molecule has 1 aliphatic rings. The molecule has 3 heteroatoms. The lowest BCUT2D eigenvalue weighted by atomic mass is 9.99. The van der Waals surface area contributed by atoms with Gasteiger partial charge in [-0.25, -0.2) is 5.48 Å². The molecule has 1 rings (SSSR count). The maximum atomic E-state index is 8.35. The van der Waals surface area contributed by atoms with Gasteiger partial charge in [-0.1, -0.05) is 0 Å². The zero-order valence-corrected chi connectivity index (χ0v) is 5.56. The van der Waals surface area contributed by atoms with Gasteiger partial charge in [-0.2, -0.15) is 0 Å². The van der Waals surface area contributed by atoms with Gasteiger partial charge in [-0.3, -0.25) is 0 Å². The predicted molar refractivity (Wildman–Crippen MR) is 35.4 cm³/mol. The highest BCUT2D eigenvalue weighted by Gasteiger charge is 2.10. The Morgan fingerprint density at radius 1 is 1.44 bits per heavy atom. The van der Waals surface area contributed by atoms with Crippen molar-refractivity contribution in [3.8, 4) is 0 Å². The SMILES string of the molecule is ONCC1CCNCC1. The molecule has 1 aliphatic heterocycles. The minimum Gasteiger partial charge on any atom is -0.317 e. The summed E-state index contributed by atoms with van der Waals surface area (Å²) >= 11 is 0. The third-order valence-electron chi connectivity index (χ3n) is 1.84. The number of hydrogen-bond acceptors (Lipinski definition) is 3. The highest BCUT2D eigenvalue weighted by Crippen LogP contribution is 2.08.